The van der Waals surface area contributed by atoms with Gasteiger partial charge in [0.05, 0.1) is 12.8 Å². The van der Waals surface area contributed by atoms with Crippen molar-refractivity contribution in [3.8, 4) is 11.5 Å². The third-order valence-corrected chi connectivity index (χ3v) is 3.56. The zero-order valence-electron chi connectivity index (χ0n) is 14.4. The van der Waals surface area contributed by atoms with Crippen LogP contribution in [-0.2, 0) is 11.4 Å². The molecule has 4 N–H and O–H groups in total. The molecule has 0 saturated carbocycles. The van der Waals surface area contributed by atoms with Gasteiger partial charge in [0.25, 0.3) is 5.91 Å². The quantitative estimate of drug-likeness (QED) is 0.664. The van der Waals surface area contributed by atoms with E-state index in [0.29, 0.717) is 17.2 Å². The summed E-state index contributed by atoms with van der Waals surface area (Å²) in [6.45, 7) is 3.80. The molecule has 1 aromatic carbocycles. The monoisotopic (exact) mass is 346 g/mol. The average Bonchev–Trinajstić information content (AvgIpc) is 3.06. The molecule has 1 unspecified atom stereocenters. The summed E-state index contributed by atoms with van der Waals surface area (Å²) in [6, 6.07) is 8.00. The molecule has 0 aliphatic heterocycles. The molecule has 8 heteroatoms. The first-order chi connectivity index (χ1) is 11.9. The largest absolute Gasteiger partial charge is 0.497 e. The Bertz CT molecular complexity index is 742. The molecule has 0 aliphatic rings. The lowest BCUT2D eigenvalue weighted by atomic mass is 10.0. The van der Waals surface area contributed by atoms with Crippen LogP contribution in [0.3, 0.4) is 0 Å². The molecule has 2 rings (SSSR count). The van der Waals surface area contributed by atoms with Gasteiger partial charge in [-0.25, -0.2) is 0 Å². The second-order valence-corrected chi connectivity index (χ2v) is 5.84. The molecule has 1 atom stereocenters. The van der Waals surface area contributed by atoms with Crippen LogP contribution in [0.1, 0.15) is 30.0 Å². The zero-order valence-corrected chi connectivity index (χ0v) is 14.4. The normalized spacial score (nSPS) is 11.8. The van der Waals surface area contributed by atoms with Crippen molar-refractivity contribution in [3.63, 3.8) is 0 Å². The van der Waals surface area contributed by atoms with Crippen LogP contribution in [-0.4, -0.2) is 35.2 Å². The maximum atomic E-state index is 12.2. The lowest BCUT2D eigenvalue weighted by molar-refractivity contribution is -0.120. The predicted molar refractivity (Wildman–Crippen MR) is 91.2 cm³/mol. The number of nitrogens with zero attached hydrogens (tertiary/aromatic N) is 1. The van der Waals surface area contributed by atoms with Crippen LogP contribution in [0.5, 0.6) is 11.5 Å². The summed E-state index contributed by atoms with van der Waals surface area (Å²) in [7, 11) is 1.58. The summed E-state index contributed by atoms with van der Waals surface area (Å²) in [4.78, 5) is 23.6. The molecule has 8 nitrogen and oxygen atoms in total. The predicted octanol–water partition coefficient (Wildman–Crippen LogP) is 1.24. The van der Waals surface area contributed by atoms with Crippen LogP contribution in [0, 0.1) is 5.92 Å². The molecule has 0 bridgehead atoms. The van der Waals surface area contributed by atoms with Crippen molar-refractivity contribution < 1.29 is 19.1 Å². The van der Waals surface area contributed by atoms with Gasteiger partial charge >= 0.3 is 0 Å². The molecule has 1 heterocycles. The van der Waals surface area contributed by atoms with Gasteiger partial charge in [0.15, 0.2) is 0 Å². The Kier molecular flexibility index (Phi) is 5.99. The Balaban J connectivity index is 1.97. The van der Waals surface area contributed by atoms with Crippen molar-refractivity contribution >= 4 is 11.8 Å². The smallest absolute Gasteiger partial charge is 0.272 e. The van der Waals surface area contributed by atoms with Crippen LogP contribution < -0.4 is 20.5 Å². The minimum absolute atomic E-state index is 0.115. The number of benzene rings is 1. The SMILES string of the molecule is COc1cccc(OCc2cc(C(=O)NC(C(N)=O)C(C)C)n[nH]2)c1. The molecule has 0 radical (unpaired) electrons. The van der Waals surface area contributed by atoms with Crippen molar-refractivity contribution in [1.82, 2.24) is 15.5 Å². The number of methoxy groups -OCH3 is 1. The Morgan fingerprint density at radius 3 is 2.64 bits per heavy atom. The molecule has 0 aliphatic carbocycles. The highest BCUT2D eigenvalue weighted by molar-refractivity contribution is 5.95. The van der Waals surface area contributed by atoms with Gasteiger partial charge in [-0.1, -0.05) is 19.9 Å². The molecule has 0 spiro atoms. The fourth-order valence-electron chi connectivity index (χ4n) is 2.19. The third-order valence-electron chi connectivity index (χ3n) is 3.56. The fraction of sp³-hybridized carbons (Fsp3) is 0.353. The minimum atomic E-state index is -0.749. The standard InChI is InChI=1S/C17H22N4O4/c1-10(2)15(16(18)22)19-17(23)14-7-11(20-21-14)9-25-13-6-4-5-12(8-13)24-3/h4-8,10,15H,9H2,1-3H3,(H2,18,22)(H,19,23)(H,20,21). The van der Waals surface area contributed by atoms with E-state index in [1.165, 1.54) is 0 Å². The van der Waals surface area contributed by atoms with Gasteiger partial charge in [-0.3, -0.25) is 14.7 Å². The van der Waals surface area contributed by atoms with Crippen LogP contribution in [0.25, 0.3) is 0 Å². The van der Waals surface area contributed by atoms with E-state index in [1.54, 1.807) is 39.2 Å². The third kappa shape index (κ3) is 4.97. The average molecular weight is 346 g/mol. The summed E-state index contributed by atoms with van der Waals surface area (Å²) in [6.07, 6.45) is 0. The first-order valence-electron chi connectivity index (χ1n) is 7.82. The topological polar surface area (TPSA) is 119 Å². The van der Waals surface area contributed by atoms with Crippen molar-refractivity contribution in [2.45, 2.75) is 26.5 Å². The molecular formula is C17H22N4O4. The number of hydrogen-bond acceptors (Lipinski definition) is 5. The number of carbonyl (C=O) groups is 2. The molecule has 1 aromatic heterocycles. The van der Waals surface area contributed by atoms with Crippen molar-refractivity contribution in [2.75, 3.05) is 7.11 Å². The van der Waals surface area contributed by atoms with Crippen molar-refractivity contribution in [2.24, 2.45) is 11.7 Å². The number of primary amides is 1. The lowest BCUT2D eigenvalue weighted by Crippen LogP contribution is -2.47. The Morgan fingerprint density at radius 2 is 2.00 bits per heavy atom. The summed E-state index contributed by atoms with van der Waals surface area (Å²) in [5, 5.41) is 9.26. The van der Waals surface area contributed by atoms with Crippen LogP contribution >= 0.6 is 0 Å². The van der Waals surface area contributed by atoms with Crippen molar-refractivity contribution in [1.29, 1.82) is 0 Å². The van der Waals surface area contributed by atoms with Gasteiger partial charge in [-0.15, -0.1) is 0 Å². The van der Waals surface area contributed by atoms with E-state index in [2.05, 4.69) is 15.5 Å². The van der Waals surface area contributed by atoms with Gasteiger partial charge in [0.1, 0.15) is 29.8 Å². The maximum Gasteiger partial charge on any atom is 0.272 e. The molecule has 0 fully saturated rings. The Hall–Kier alpha value is -3.03. The highest BCUT2D eigenvalue weighted by atomic mass is 16.5. The summed E-state index contributed by atoms with van der Waals surface area (Å²) < 4.78 is 10.8. The fourth-order valence-corrected chi connectivity index (χ4v) is 2.19. The highest BCUT2D eigenvalue weighted by Gasteiger charge is 2.23. The number of carbonyl (C=O) groups excluding carboxylic acids is 2. The number of nitrogens with one attached hydrogen (secondary N) is 2. The van der Waals surface area contributed by atoms with Gasteiger partial charge in [0, 0.05) is 6.07 Å². The van der Waals surface area contributed by atoms with Gasteiger partial charge < -0.3 is 20.5 Å². The molecule has 134 valence electrons. The Labute approximate surface area is 145 Å². The summed E-state index contributed by atoms with van der Waals surface area (Å²) in [5.74, 6) is 0.153. The van der Waals surface area contributed by atoms with E-state index in [0.717, 1.165) is 0 Å². The number of amides is 2. The molecule has 2 aromatic rings. The minimum Gasteiger partial charge on any atom is -0.497 e. The molecule has 25 heavy (non-hydrogen) atoms. The van der Waals surface area contributed by atoms with E-state index in [9.17, 15) is 9.59 Å². The number of H-pyrrole nitrogens is 1. The first kappa shape index (κ1) is 18.3. The number of aromatic amines is 1. The second kappa shape index (κ2) is 8.18. The maximum absolute atomic E-state index is 12.2. The van der Waals surface area contributed by atoms with Crippen LogP contribution in [0.2, 0.25) is 0 Å². The highest BCUT2D eigenvalue weighted by Crippen LogP contribution is 2.19. The van der Waals surface area contributed by atoms with Crippen LogP contribution in [0.15, 0.2) is 30.3 Å². The molecule has 0 saturated heterocycles. The van der Waals surface area contributed by atoms with Crippen LogP contribution in [0.4, 0.5) is 0 Å². The van der Waals surface area contributed by atoms with E-state index in [1.807, 2.05) is 12.1 Å². The number of hydrogen-bond donors (Lipinski definition) is 3. The number of ether oxygens (including phenoxy) is 2. The van der Waals surface area contributed by atoms with E-state index < -0.39 is 17.9 Å². The van der Waals surface area contributed by atoms with Gasteiger partial charge in [-0.05, 0) is 24.1 Å². The molecule has 2 amide bonds. The second-order valence-electron chi connectivity index (χ2n) is 5.84. The lowest BCUT2D eigenvalue weighted by Gasteiger charge is -2.17. The summed E-state index contributed by atoms with van der Waals surface area (Å²) in [5.41, 5.74) is 6.07. The first-order valence-corrected chi connectivity index (χ1v) is 7.82. The number of aromatic nitrogens is 2. The van der Waals surface area contributed by atoms with E-state index >= 15 is 0 Å². The zero-order chi connectivity index (χ0) is 18.4. The van der Waals surface area contributed by atoms with Gasteiger partial charge in [0.2, 0.25) is 5.91 Å². The van der Waals surface area contributed by atoms with E-state index in [-0.39, 0.29) is 18.2 Å². The van der Waals surface area contributed by atoms with E-state index in [4.69, 9.17) is 15.2 Å². The molecular weight excluding hydrogens is 324 g/mol. The Morgan fingerprint density at radius 1 is 1.28 bits per heavy atom. The number of nitrogens with two attached hydrogens (primary N) is 1. The van der Waals surface area contributed by atoms with Crippen molar-refractivity contribution in [3.05, 3.63) is 41.7 Å². The number of rotatable bonds is 8. The summed E-state index contributed by atoms with van der Waals surface area (Å²) >= 11 is 0. The van der Waals surface area contributed by atoms with Gasteiger partial charge in [-0.2, -0.15) is 5.10 Å².